The third-order valence-corrected chi connectivity index (χ3v) is 25.1. The Morgan fingerprint density at radius 1 is 0.231 bits per heavy atom. The molecule has 7 N–H and O–H groups in total. The monoisotopic (exact) mass is 1810 g/mol. The number of ether oxygens (including phenoxy) is 9. The summed E-state index contributed by atoms with van der Waals surface area (Å²) in [6, 6.07) is 104. The first-order valence-corrected chi connectivity index (χ1v) is 46.1. The van der Waals surface area contributed by atoms with Crippen molar-refractivity contribution in [2.24, 2.45) is 0 Å². The second kappa shape index (κ2) is 45.6. The van der Waals surface area contributed by atoms with Crippen molar-refractivity contribution in [3.8, 4) is 51.7 Å². The quantitative estimate of drug-likeness (QED) is 0.0188. The average Bonchev–Trinajstić information content (AvgIpc) is 1.32. The van der Waals surface area contributed by atoms with Crippen LogP contribution in [0.5, 0.6) is 51.7 Å². The van der Waals surface area contributed by atoms with Gasteiger partial charge in [0.1, 0.15) is 129 Å². The van der Waals surface area contributed by atoms with Crippen LogP contribution in [0.25, 0.3) is 0 Å². The van der Waals surface area contributed by atoms with Gasteiger partial charge in [-0.1, -0.05) is 178 Å². The van der Waals surface area contributed by atoms with E-state index in [0.29, 0.717) is 64.6 Å². The Labute approximate surface area is 790 Å². The molecule has 13 rings (SSSR count). The molecule has 0 radical (unpaired) electrons. The van der Waals surface area contributed by atoms with Crippen LogP contribution in [-0.2, 0) is 28.3 Å². The maximum atomic E-state index is 12.1. The number of anilines is 8. The molecule has 0 saturated heterocycles. The molecule has 0 amide bonds. The summed E-state index contributed by atoms with van der Waals surface area (Å²) in [5.74, 6) is 5.81. The largest absolute Gasteiger partial charge is 0.497 e. The van der Waals surface area contributed by atoms with Crippen molar-refractivity contribution in [2.75, 3.05) is 107 Å². The second-order valence-electron chi connectivity index (χ2n) is 36.5. The Morgan fingerprint density at radius 2 is 0.410 bits per heavy atom. The molecule has 13 aromatic rings. The summed E-state index contributed by atoms with van der Waals surface area (Å²) in [5, 5.41) is 75.9. The van der Waals surface area contributed by atoms with Crippen LogP contribution in [0.4, 0.5) is 45.5 Å². The topological polar surface area (TPSA) is 238 Å². The van der Waals surface area contributed by atoms with E-state index in [4.69, 9.17) is 42.6 Å². The highest BCUT2D eigenvalue weighted by molar-refractivity contribution is 5.82. The van der Waals surface area contributed by atoms with E-state index in [2.05, 4.69) is 119 Å². The summed E-state index contributed by atoms with van der Waals surface area (Å²) in [6.45, 7) is 21.8. The zero-order valence-electron chi connectivity index (χ0n) is 79.3. The second-order valence-corrected chi connectivity index (χ2v) is 36.5. The predicted molar refractivity (Wildman–Crippen MR) is 535 cm³/mol. The van der Waals surface area contributed by atoms with Crippen LogP contribution in [-0.4, -0.2) is 160 Å². The Kier molecular flexibility index (Phi) is 33.5. The molecule has 20 heteroatoms. The van der Waals surface area contributed by atoms with Gasteiger partial charge >= 0.3 is 0 Å². The van der Waals surface area contributed by atoms with Crippen LogP contribution in [0.1, 0.15) is 132 Å². The van der Waals surface area contributed by atoms with Crippen LogP contribution in [0.2, 0.25) is 0 Å². The standard InChI is InChI=1S/C114H130N4O16/c1-14-96(120)71-127-103-50-18-80(19-51-103)111(3,4)84-26-58-107(59-27-84)131-75-100(124)77-133-109-62-30-86(31-63-109)113(7,8)82-22-54-105(55-23-82)129-73-98(122)68-116(89-38-42-92(43-39-89)118(95-48-66-102(126-13)67-49-95)94-46-44-93(45-47-94)117(90-34-16-79(70-119)17-35-90)91-40-36-88(37-41-91)115(11)12)69-99(123)74-130-106-56-24-83(25-57-106)114(9,10)87-32-64-110(65-33-87)134-78-101(125)76-132-108-60-28-85(29-61-108)112(5,6)81-20-52-104(53-21-81)128-72-97(121)15-2/h16-67,96-101,119-125H,14-15,68-78H2,1-13H3. The van der Waals surface area contributed by atoms with Gasteiger partial charge in [0.15, 0.2) is 0 Å². The fraction of sp³-hybridized carbons (Fsp3) is 0.316. The Hall–Kier alpha value is -13.0. The van der Waals surface area contributed by atoms with Crippen LogP contribution >= 0.6 is 0 Å². The minimum Gasteiger partial charge on any atom is -0.497 e. The zero-order valence-corrected chi connectivity index (χ0v) is 79.3. The molecule has 0 aromatic heterocycles. The van der Waals surface area contributed by atoms with Gasteiger partial charge in [0, 0.05) is 94.3 Å². The number of hydrogen-bond acceptors (Lipinski definition) is 20. The highest BCUT2D eigenvalue weighted by Crippen LogP contribution is 2.44. The van der Waals surface area contributed by atoms with E-state index >= 15 is 0 Å². The van der Waals surface area contributed by atoms with E-state index in [1.807, 2.05) is 300 Å². The van der Waals surface area contributed by atoms with Crippen molar-refractivity contribution in [2.45, 2.75) is 147 Å². The molecule has 702 valence electrons. The van der Waals surface area contributed by atoms with E-state index in [1.165, 1.54) is 0 Å². The number of rotatable bonds is 48. The fourth-order valence-corrected chi connectivity index (χ4v) is 16.0. The minimum absolute atomic E-state index is 0.0373. The van der Waals surface area contributed by atoms with Crippen molar-refractivity contribution in [3.05, 3.63) is 366 Å². The lowest BCUT2D eigenvalue weighted by Gasteiger charge is -2.31. The van der Waals surface area contributed by atoms with Crippen LogP contribution in [0.15, 0.2) is 315 Å². The zero-order chi connectivity index (χ0) is 95.1. The lowest BCUT2D eigenvalue weighted by molar-refractivity contribution is 0.0626. The summed E-state index contributed by atoms with van der Waals surface area (Å²) < 4.78 is 54.0. The van der Waals surface area contributed by atoms with Gasteiger partial charge in [0.2, 0.25) is 0 Å². The Morgan fingerprint density at radius 3 is 0.612 bits per heavy atom. The van der Waals surface area contributed by atoms with E-state index in [9.17, 15) is 35.7 Å². The molecule has 0 heterocycles. The Balaban J connectivity index is 0.640. The maximum absolute atomic E-state index is 12.1. The first kappa shape index (κ1) is 98.5. The molecule has 134 heavy (non-hydrogen) atoms. The smallest absolute Gasteiger partial charge is 0.122 e. The molecule has 0 aliphatic rings. The maximum Gasteiger partial charge on any atom is 0.122 e. The van der Waals surface area contributed by atoms with E-state index < -0.39 is 47.5 Å². The molecule has 13 aromatic carbocycles. The van der Waals surface area contributed by atoms with Crippen molar-refractivity contribution in [3.63, 3.8) is 0 Å². The molecule has 0 fully saturated rings. The third kappa shape index (κ3) is 25.9. The highest BCUT2D eigenvalue weighted by Gasteiger charge is 2.30. The van der Waals surface area contributed by atoms with Gasteiger partial charge in [-0.15, -0.1) is 0 Å². The molecule has 0 bridgehead atoms. The number of aliphatic hydroxyl groups is 7. The summed E-state index contributed by atoms with van der Waals surface area (Å²) in [6.07, 6.45) is -3.52. The van der Waals surface area contributed by atoms with Gasteiger partial charge in [-0.25, -0.2) is 0 Å². The lowest BCUT2D eigenvalue weighted by Crippen LogP contribution is -2.41. The normalized spacial score (nSPS) is 13.1. The average molecular weight is 1810 g/mol. The fourth-order valence-electron chi connectivity index (χ4n) is 16.0. The van der Waals surface area contributed by atoms with Gasteiger partial charge in [-0.05, 0) is 269 Å². The lowest BCUT2D eigenvalue weighted by atomic mass is 9.78. The minimum atomic E-state index is -1.01. The number of nitrogens with zero attached hydrogens (tertiary/aromatic N) is 4. The number of hydrogen-bond donors (Lipinski definition) is 7. The summed E-state index contributed by atoms with van der Waals surface area (Å²) in [5.41, 5.74) is 15.3. The summed E-state index contributed by atoms with van der Waals surface area (Å²) in [4.78, 5) is 8.39. The van der Waals surface area contributed by atoms with Gasteiger partial charge in [-0.2, -0.15) is 0 Å². The van der Waals surface area contributed by atoms with Gasteiger partial charge < -0.3 is 98.0 Å². The third-order valence-electron chi connectivity index (χ3n) is 25.1. The van der Waals surface area contributed by atoms with Crippen LogP contribution < -0.4 is 62.2 Å². The predicted octanol–water partition coefficient (Wildman–Crippen LogP) is 21.1. The molecule has 0 spiro atoms. The molecule has 6 unspecified atom stereocenters. The molecular weight excluding hydrogens is 1680 g/mol. The number of benzene rings is 13. The van der Waals surface area contributed by atoms with E-state index in [-0.39, 0.29) is 83.4 Å². The SMILES string of the molecule is CCC(O)COc1ccc(C(C)(C)c2ccc(OCC(O)COc3ccc(C(C)(C)c4ccc(OCC(O)CN(CC(O)COc5ccc(C(C)(C)c6ccc(OCC(O)COc7ccc(C(C)(C)c8ccc(OCC(O)CC)cc8)cc7)cc6)cc5)c5ccc(N(c6ccc(OC)cc6)c6ccc(N(c7ccc(CO)cc7)c7ccc(N(C)C)cc7)cc6)cc5)cc4)cc3)cc2)cc1. The summed E-state index contributed by atoms with van der Waals surface area (Å²) in [7, 11) is 5.69. The molecule has 0 aliphatic heterocycles. The molecule has 20 nitrogen and oxygen atoms in total. The molecule has 6 atom stereocenters. The van der Waals surface area contributed by atoms with Gasteiger partial charge in [-0.3, -0.25) is 0 Å². The van der Waals surface area contributed by atoms with Crippen molar-refractivity contribution in [1.82, 2.24) is 0 Å². The summed E-state index contributed by atoms with van der Waals surface area (Å²) >= 11 is 0. The Bertz CT molecular complexity index is 5500. The number of methoxy groups -OCH3 is 1. The first-order valence-electron chi connectivity index (χ1n) is 46.1. The van der Waals surface area contributed by atoms with E-state index in [1.54, 1.807) is 7.11 Å². The molecular formula is C114H130N4O16. The number of aliphatic hydroxyl groups excluding tert-OH is 7. The van der Waals surface area contributed by atoms with E-state index in [0.717, 1.165) is 95.6 Å². The highest BCUT2D eigenvalue weighted by atomic mass is 16.5. The van der Waals surface area contributed by atoms with Crippen LogP contribution in [0.3, 0.4) is 0 Å². The van der Waals surface area contributed by atoms with Crippen molar-refractivity contribution >= 4 is 45.5 Å². The van der Waals surface area contributed by atoms with Crippen molar-refractivity contribution < 1.29 is 78.4 Å². The molecule has 0 saturated carbocycles. The van der Waals surface area contributed by atoms with Gasteiger partial charge in [0.25, 0.3) is 0 Å². The first-order chi connectivity index (χ1) is 64.5. The van der Waals surface area contributed by atoms with Crippen LogP contribution in [0, 0.1) is 0 Å². The molecule has 0 aliphatic carbocycles. The van der Waals surface area contributed by atoms with Gasteiger partial charge in [0.05, 0.1) is 25.9 Å². The van der Waals surface area contributed by atoms with Crippen molar-refractivity contribution in [1.29, 1.82) is 0 Å².